The van der Waals surface area contributed by atoms with E-state index in [-0.39, 0.29) is 123 Å². The molecule has 29 nitrogen and oxygen atoms in total. The van der Waals surface area contributed by atoms with Crippen LogP contribution in [0.15, 0.2) is 106 Å². The van der Waals surface area contributed by atoms with Crippen molar-refractivity contribution in [1.82, 2.24) is 44.6 Å². The summed E-state index contributed by atoms with van der Waals surface area (Å²) < 4.78 is 123. The standard InChI is InChI=1S/C23H28ClN3O6S.C22H26ClN3O6S.C14H20ClN3O3.C9H9ClO3S.C4H7ClO2/c1-23(2,3)33-22(28)27-10-8-15(9-11-27)31-20-13-21(26-14-25-20)32-19-7-6-17(12-18(19)24)34(29,30)16-4-5-16;1-14(2)30-22(27)26-9-7-15(8-10-26)31-20-12-21(25-13-24-20)32-19-6-5-17(11-18(19)23)33(28,29)16-3-4-16;1-14(2,3)21-13(19)18-6-4-10(5-7-18)20-12-8-11(15)16-9-17-12;10-8-5-7(3-4-9(8)11)14(12,13)6-1-2-6;1-3(2)7-4(5)6/h6-7,12-16H,4-5,8-11H2,1-3H3;5-6,11-16H,3-4,7-10H2,1-2H3;8-10H,4-7H2,1-3H3;3-6,11H,1-2H2;3H,1-2H3. The zero-order chi connectivity index (χ0) is 79.8. The van der Waals surface area contributed by atoms with Crippen LogP contribution in [0, 0.1) is 0 Å². The molecule has 3 aliphatic carbocycles. The van der Waals surface area contributed by atoms with Gasteiger partial charge in [0.25, 0.3) is 0 Å². The van der Waals surface area contributed by atoms with Gasteiger partial charge < -0.3 is 62.4 Å². The largest absolute Gasteiger partial charge is 0.506 e. The number of phenols is 1. The average molecular weight is 1680 g/mol. The van der Waals surface area contributed by atoms with E-state index in [9.17, 15) is 44.4 Å². The molecule has 3 saturated heterocycles. The van der Waals surface area contributed by atoms with Crippen molar-refractivity contribution in [2.45, 2.75) is 218 Å². The van der Waals surface area contributed by atoms with Gasteiger partial charge in [-0.1, -0.05) is 46.4 Å². The summed E-state index contributed by atoms with van der Waals surface area (Å²) in [5.74, 6) is 2.05. The molecule has 3 saturated carbocycles. The summed E-state index contributed by atoms with van der Waals surface area (Å²) in [4.78, 5) is 75.9. The van der Waals surface area contributed by atoms with Crippen molar-refractivity contribution in [2.75, 3.05) is 39.3 Å². The molecule has 6 heterocycles. The van der Waals surface area contributed by atoms with E-state index in [0.29, 0.717) is 113 Å². The Morgan fingerprint density at radius 2 is 0.734 bits per heavy atom. The molecule has 3 amide bonds. The van der Waals surface area contributed by atoms with Crippen molar-refractivity contribution >= 4 is 111 Å². The van der Waals surface area contributed by atoms with Gasteiger partial charge in [0.1, 0.15) is 70.9 Å². The van der Waals surface area contributed by atoms with Crippen LogP contribution < -0.4 is 23.7 Å². The van der Waals surface area contributed by atoms with E-state index < -0.39 is 46.1 Å². The van der Waals surface area contributed by atoms with Gasteiger partial charge in [-0.3, -0.25) is 0 Å². The minimum absolute atomic E-state index is 0.0228. The number of hydrogen-bond acceptors (Lipinski definition) is 26. The maximum Gasteiger partial charge on any atom is 0.410 e. The second kappa shape index (κ2) is 38.5. The van der Waals surface area contributed by atoms with Gasteiger partial charge in [-0.2, -0.15) is 0 Å². The molecule has 0 bridgehead atoms. The Labute approximate surface area is 659 Å². The van der Waals surface area contributed by atoms with Gasteiger partial charge in [0.05, 0.1) is 69.8 Å². The summed E-state index contributed by atoms with van der Waals surface area (Å²) in [7, 11) is -9.87. The summed E-state index contributed by atoms with van der Waals surface area (Å²) >= 11 is 28.8. The number of piperidine rings is 3. The number of aromatic hydroxyl groups is 1. The lowest BCUT2D eigenvalue weighted by molar-refractivity contribution is 0.0111. The van der Waals surface area contributed by atoms with Gasteiger partial charge in [-0.05, 0) is 162 Å². The second-order valence-corrected chi connectivity index (χ2v) is 37.1. The van der Waals surface area contributed by atoms with Crippen molar-refractivity contribution in [3.8, 4) is 46.6 Å². The highest BCUT2D eigenvalue weighted by Gasteiger charge is 2.40. The summed E-state index contributed by atoms with van der Waals surface area (Å²) in [6.07, 6.45) is 10.9. The van der Waals surface area contributed by atoms with Crippen molar-refractivity contribution in [2.24, 2.45) is 0 Å². The van der Waals surface area contributed by atoms with Gasteiger partial charge in [0.15, 0.2) is 29.5 Å². The third-order valence-corrected chi connectivity index (χ3v) is 24.3. The SMILES string of the molecule is CC(C)(C)OC(=O)N1CCC(Oc2cc(Cl)ncn2)CC1.CC(C)(C)OC(=O)N1CCC(Oc2cc(Oc3ccc(S(=O)(=O)C4CC4)cc3Cl)ncn2)CC1.CC(C)OC(=O)Cl.CC(C)OC(=O)N1CCC(Oc2cc(Oc3ccc(S(=O)(=O)C4CC4)cc3Cl)ncn2)CC1.O=S(=O)(c1ccc(O)c(Cl)c1)C1CC1. The summed E-state index contributed by atoms with van der Waals surface area (Å²) in [6, 6.07) is 17.5. The number of benzene rings is 3. The number of nitrogens with zero attached hydrogens (tertiary/aromatic N) is 9. The highest BCUT2D eigenvalue weighted by atomic mass is 35.5. The first-order valence-corrected chi connectivity index (χ1v) is 41.8. The molecule has 0 unspecified atom stereocenters. The lowest BCUT2D eigenvalue weighted by Gasteiger charge is -2.33. The number of rotatable bonds is 18. The van der Waals surface area contributed by atoms with Crippen LogP contribution in [-0.2, 0) is 48.5 Å². The highest BCUT2D eigenvalue weighted by molar-refractivity contribution is 7.93. The quantitative estimate of drug-likeness (QED) is 0.0474. The van der Waals surface area contributed by atoms with Crippen molar-refractivity contribution in [1.29, 1.82) is 0 Å². The number of sulfone groups is 3. The van der Waals surface area contributed by atoms with E-state index >= 15 is 0 Å². The van der Waals surface area contributed by atoms with Gasteiger partial charge in [0, 0.05) is 95.5 Å². The molecular weight excluding hydrogens is 1580 g/mol. The van der Waals surface area contributed by atoms with Crippen LogP contribution in [0.1, 0.15) is 146 Å². The molecule has 3 aliphatic heterocycles. The average Bonchev–Trinajstić information content (AvgIpc) is 1.73. The molecule has 0 atom stereocenters. The topological polar surface area (TPSA) is 361 Å². The van der Waals surface area contributed by atoms with E-state index in [0.717, 1.165) is 25.7 Å². The van der Waals surface area contributed by atoms with E-state index in [1.54, 1.807) is 46.7 Å². The first kappa shape index (κ1) is 86.9. The fourth-order valence-corrected chi connectivity index (χ4v) is 16.6. The molecule has 596 valence electrons. The van der Waals surface area contributed by atoms with Crippen LogP contribution in [-0.4, -0.2) is 195 Å². The van der Waals surface area contributed by atoms with Gasteiger partial charge in [0.2, 0.25) is 29.4 Å². The Balaban J connectivity index is 0.000000185. The first-order chi connectivity index (χ1) is 51.2. The molecule has 1 N–H and O–H groups in total. The number of halogens is 5. The van der Waals surface area contributed by atoms with E-state index in [4.69, 9.17) is 101 Å². The summed E-state index contributed by atoms with van der Waals surface area (Å²) in [5, 5.41) is 9.05. The Bertz CT molecular complexity index is 4470. The molecule has 37 heteroatoms. The third-order valence-electron chi connectivity index (χ3n) is 16.3. The lowest BCUT2D eigenvalue weighted by Crippen LogP contribution is -2.44. The van der Waals surface area contributed by atoms with Gasteiger partial charge in [-0.25, -0.2) is 74.3 Å². The smallest absolute Gasteiger partial charge is 0.410 e. The molecule has 0 radical (unpaired) electrons. The van der Waals surface area contributed by atoms with E-state index in [1.165, 1.54) is 73.6 Å². The number of aromatic nitrogens is 6. The number of ether oxygens (including phenoxy) is 9. The fourth-order valence-electron chi connectivity index (χ4n) is 10.4. The van der Waals surface area contributed by atoms with E-state index in [2.05, 4.69) is 34.6 Å². The van der Waals surface area contributed by atoms with Crippen LogP contribution in [0.5, 0.6) is 46.6 Å². The molecule has 3 aromatic carbocycles. The molecule has 109 heavy (non-hydrogen) atoms. The minimum Gasteiger partial charge on any atom is -0.506 e. The second-order valence-electron chi connectivity index (χ2n) is 28.5. The maximum atomic E-state index is 12.4. The number of phenolic OH excluding ortho intramolecular Hbond substituents is 1. The monoisotopic (exact) mass is 1670 g/mol. The van der Waals surface area contributed by atoms with Crippen LogP contribution >= 0.6 is 58.0 Å². The predicted octanol–water partition coefficient (Wildman–Crippen LogP) is 15.5. The van der Waals surface area contributed by atoms with Crippen LogP contribution in [0.2, 0.25) is 20.2 Å². The highest BCUT2D eigenvalue weighted by Crippen LogP contribution is 2.41. The molecule has 6 fully saturated rings. The van der Waals surface area contributed by atoms with Crippen LogP contribution in [0.25, 0.3) is 0 Å². The predicted molar refractivity (Wildman–Crippen MR) is 405 cm³/mol. The molecule has 0 spiro atoms. The number of amides is 3. The van der Waals surface area contributed by atoms with Crippen molar-refractivity contribution < 1.29 is 92.2 Å². The van der Waals surface area contributed by atoms with Gasteiger partial charge >= 0.3 is 23.7 Å². The summed E-state index contributed by atoms with van der Waals surface area (Å²) in [6.45, 7) is 21.6. The number of carbonyl (C=O) groups is 4. The van der Waals surface area contributed by atoms with Crippen molar-refractivity contribution in [3.63, 3.8) is 0 Å². The molecular formula is C72H90Cl5N9O20S3. The summed E-state index contributed by atoms with van der Waals surface area (Å²) in [5.41, 5.74) is -1.74. The zero-order valence-electron chi connectivity index (χ0n) is 61.9. The Hall–Kier alpha value is -7.72. The van der Waals surface area contributed by atoms with Gasteiger partial charge in [-0.15, -0.1) is 0 Å². The maximum absolute atomic E-state index is 12.4. The Kier molecular flexibility index (Phi) is 30.7. The number of likely N-dealkylation sites (tertiary alicyclic amines) is 3. The van der Waals surface area contributed by atoms with E-state index in [1.807, 2.05) is 55.4 Å². The van der Waals surface area contributed by atoms with Crippen molar-refractivity contribution in [3.05, 3.63) is 112 Å². The molecule has 6 aromatic rings. The fraction of sp³-hybridized carbons (Fsp3) is 0.528. The lowest BCUT2D eigenvalue weighted by atomic mass is 10.1. The normalized spacial score (nSPS) is 16.6. The van der Waals surface area contributed by atoms with Crippen LogP contribution in [0.3, 0.4) is 0 Å². The number of hydrogen-bond donors (Lipinski definition) is 1. The Morgan fingerprint density at radius 3 is 1.03 bits per heavy atom. The van der Waals surface area contributed by atoms with Crippen LogP contribution in [0.4, 0.5) is 19.2 Å². The zero-order valence-corrected chi connectivity index (χ0v) is 68.1. The molecule has 12 rings (SSSR count). The Morgan fingerprint density at radius 1 is 0.422 bits per heavy atom. The molecule has 3 aromatic heterocycles. The first-order valence-electron chi connectivity index (χ1n) is 35.3. The number of carbonyl (C=O) groups excluding carboxylic acids is 4. The molecule has 6 aliphatic rings. The third kappa shape index (κ3) is 27.9. The minimum atomic E-state index is -3.34.